The number of hydrogen-bond donors (Lipinski definition) is 1. The van der Waals surface area contributed by atoms with Gasteiger partial charge in [0.15, 0.2) is 11.5 Å². The van der Waals surface area contributed by atoms with E-state index < -0.39 is 6.36 Å². The predicted molar refractivity (Wildman–Crippen MR) is 58.2 cm³/mol. The van der Waals surface area contributed by atoms with E-state index in [1.54, 1.807) is 6.92 Å². The Bertz CT molecular complexity index is 444. The summed E-state index contributed by atoms with van der Waals surface area (Å²) < 4.78 is 50.0. The van der Waals surface area contributed by atoms with E-state index in [4.69, 9.17) is 15.2 Å². The van der Waals surface area contributed by atoms with Gasteiger partial charge in [-0.2, -0.15) is 0 Å². The summed E-state index contributed by atoms with van der Waals surface area (Å²) in [6, 6.07) is 3.49. The highest BCUT2D eigenvalue weighted by Crippen LogP contribution is 2.34. The van der Waals surface area contributed by atoms with Crippen LogP contribution in [-0.2, 0) is 0 Å². The average molecular weight is 263 g/mol. The fraction of sp³-hybridized carbons (Fsp3) is 0.273. The first-order chi connectivity index (χ1) is 8.35. The van der Waals surface area contributed by atoms with Crippen molar-refractivity contribution >= 4 is 0 Å². The number of rotatable bonds is 4. The van der Waals surface area contributed by atoms with Crippen LogP contribution in [0, 0.1) is 0 Å². The first kappa shape index (κ1) is 14.0. The van der Waals surface area contributed by atoms with Gasteiger partial charge in [-0.15, -0.1) is 13.2 Å². The second kappa shape index (κ2) is 5.52. The van der Waals surface area contributed by atoms with Crippen LogP contribution in [0.2, 0.25) is 0 Å². The van der Waals surface area contributed by atoms with Gasteiger partial charge in [-0.3, -0.25) is 0 Å². The molecule has 0 aliphatic rings. The maximum atomic E-state index is 12.0. The molecular formula is C11H12F3NO3. The molecule has 0 amide bonds. The Kier molecular flexibility index (Phi) is 4.30. The van der Waals surface area contributed by atoms with Crippen LogP contribution in [0.4, 0.5) is 13.2 Å². The maximum absolute atomic E-state index is 12.0. The number of benzene rings is 1. The van der Waals surface area contributed by atoms with Crippen LogP contribution in [-0.4, -0.2) is 13.5 Å². The third-order valence-electron chi connectivity index (χ3n) is 1.87. The molecule has 1 aromatic carbocycles. The van der Waals surface area contributed by atoms with Crippen molar-refractivity contribution in [3.05, 3.63) is 30.2 Å². The van der Waals surface area contributed by atoms with Gasteiger partial charge < -0.3 is 19.9 Å². The zero-order chi connectivity index (χ0) is 13.8. The minimum Gasteiger partial charge on any atom is -0.493 e. The highest BCUT2D eigenvalue weighted by molar-refractivity contribution is 5.46. The van der Waals surface area contributed by atoms with Crippen LogP contribution >= 0.6 is 0 Å². The van der Waals surface area contributed by atoms with Crippen molar-refractivity contribution in [3.63, 3.8) is 0 Å². The van der Waals surface area contributed by atoms with Crippen LogP contribution in [0.5, 0.6) is 17.2 Å². The Balaban J connectivity index is 2.96. The van der Waals surface area contributed by atoms with Gasteiger partial charge in [0.05, 0.1) is 7.11 Å². The lowest BCUT2D eigenvalue weighted by Gasteiger charge is -2.13. The predicted octanol–water partition coefficient (Wildman–Crippen LogP) is 2.79. The summed E-state index contributed by atoms with van der Waals surface area (Å²) in [5, 5.41) is 0. The molecule has 0 aliphatic carbocycles. The largest absolute Gasteiger partial charge is 0.573 e. The number of alkyl halides is 3. The lowest BCUT2D eigenvalue weighted by atomic mass is 10.3. The fourth-order valence-corrected chi connectivity index (χ4v) is 1.14. The molecule has 2 N–H and O–H groups in total. The molecule has 0 heterocycles. The van der Waals surface area contributed by atoms with E-state index in [-0.39, 0.29) is 17.2 Å². The molecule has 0 fully saturated rings. The quantitative estimate of drug-likeness (QED) is 0.849. The van der Waals surface area contributed by atoms with E-state index in [2.05, 4.69) is 4.74 Å². The maximum Gasteiger partial charge on any atom is 0.573 e. The normalized spacial score (nSPS) is 12.2. The number of ether oxygens (including phenoxy) is 3. The molecule has 0 atom stereocenters. The van der Waals surface area contributed by atoms with E-state index in [1.807, 2.05) is 0 Å². The molecule has 0 spiro atoms. The number of allylic oxidation sites excluding steroid dienone is 1. The van der Waals surface area contributed by atoms with Crippen LogP contribution in [0.1, 0.15) is 6.92 Å². The lowest BCUT2D eigenvalue weighted by Crippen LogP contribution is -2.17. The van der Waals surface area contributed by atoms with Crippen molar-refractivity contribution in [1.82, 2.24) is 0 Å². The Morgan fingerprint density at radius 1 is 1.28 bits per heavy atom. The Morgan fingerprint density at radius 3 is 2.44 bits per heavy atom. The number of nitrogens with two attached hydrogens (primary N) is 1. The zero-order valence-corrected chi connectivity index (χ0v) is 9.75. The van der Waals surface area contributed by atoms with Gasteiger partial charge in [0.1, 0.15) is 11.5 Å². The molecule has 4 nitrogen and oxygen atoms in total. The molecule has 0 bridgehead atoms. The van der Waals surface area contributed by atoms with Gasteiger partial charge in [0.2, 0.25) is 0 Å². The van der Waals surface area contributed by atoms with Crippen molar-refractivity contribution in [2.24, 2.45) is 5.73 Å². The molecular weight excluding hydrogens is 251 g/mol. The van der Waals surface area contributed by atoms with Crippen LogP contribution < -0.4 is 19.9 Å². The summed E-state index contributed by atoms with van der Waals surface area (Å²) >= 11 is 0. The van der Waals surface area contributed by atoms with E-state index in [1.165, 1.54) is 19.4 Å². The monoisotopic (exact) mass is 263 g/mol. The molecule has 1 aromatic rings. The van der Waals surface area contributed by atoms with Crippen molar-refractivity contribution in [3.8, 4) is 17.2 Å². The molecule has 0 aromatic heterocycles. The third kappa shape index (κ3) is 4.08. The Hall–Kier alpha value is -2.05. The summed E-state index contributed by atoms with van der Waals surface area (Å²) in [6.07, 6.45) is -3.53. The molecule has 0 saturated heterocycles. The number of methoxy groups -OCH3 is 1. The SMILES string of the molecule is COc1cc(OC(F)(F)F)ccc1O/C(C)=C/N. The van der Waals surface area contributed by atoms with Crippen molar-refractivity contribution in [1.29, 1.82) is 0 Å². The first-order valence-corrected chi connectivity index (χ1v) is 4.86. The van der Waals surface area contributed by atoms with Gasteiger partial charge in [0, 0.05) is 12.3 Å². The van der Waals surface area contributed by atoms with E-state index in [0.717, 1.165) is 12.1 Å². The summed E-state index contributed by atoms with van der Waals surface area (Å²) in [6.45, 7) is 1.60. The van der Waals surface area contributed by atoms with E-state index >= 15 is 0 Å². The average Bonchev–Trinajstić information content (AvgIpc) is 2.28. The fourth-order valence-electron chi connectivity index (χ4n) is 1.14. The minimum atomic E-state index is -4.75. The van der Waals surface area contributed by atoms with Crippen molar-refractivity contribution in [2.45, 2.75) is 13.3 Å². The van der Waals surface area contributed by atoms with Gasteiger partial charge in [-0.05, 0) is 19.1 Å². The van der Waals surface area contributed by atoms with Gasteiger partial charge in [0.25, 0.3) is 0 Å². The van der Waals surface area contributed by atoms with Crippen LogP contribution in [0.3, 0.4) is 0 Å². The lowest BCUT2D eigenvalue weighted by molar-refractivity contribution is -0.274. The summed E-state index contributed by atoms with van der Waals surface area (Å²) in [5.74, 6) is 0.350. The molecule has 0 saturated carbocycles. The molecule has 100 valence electrons. The third-order valence-corrected chi connectivity index (χ3v) is 1.87. The Labute approximate surface area is 102 Å². The highest BCUT2D eigenvalue weighted by Gasteiger charge is 2.31. The smallest absolute Gasteiger partial charge is 0.493 e. The first-order valence-electron chi connectivity index (χ1n) is 4.86. The van der Waals surface area contributed by atoms with Crippen LogP contribution in [0.15, 0.2) is 30.2 Å². The van der Waals surface area contributed by atoms with Gasteiger partial charge >= 0.3 is 6.36 Å². The highest BCUT2D eigenvalue weighted by atomic mass is 19.4. The van der Waals surface area contributed by atoms with E-state index in [9.17, 15) is 13.2 Å². The number of halogens is 3. The van der Waals surface area contributed by atoms with Gasteiger partial charge in [-0.1, -0.05) is 0 Å². The molecule has 0 aliphatic heterocycles. The second-order valence-corrected chi connectivity index (χ2v) is 3.24. The van der Waals surface area contributed by atoms with Crippen LogP contribution in [0.25, 0.3) is 0 Å². The molecule has 18 heavy (non-hydrogen) atoms. The minimum absolute atomic E-state index is 0.109. The van der Waals surface area contributed by atoms with Crippen molar-refractivity contribution < 1.29 is 27.4 Å². The van der Waals surface area contributed by atoms with Crippen molar-refractivity contribution in [2.75, 3.05) is 7.11 Å². The molecule has 1 rings (SSSR count). The summed E-state index contributed by atoms with van der Waals surface area (Å²) in [4.78, 5) is 0. The molecule has 0 radical (unpaired) electrons. The Morgan fingerprint density at radius 2 is 1.94 bits per heavy atom. The van der Waals surface area contributed by atoms with E-state index in [0.29, 0.717) is 5.76 Å². The molecule has 0 unspecified atom stereocenters. The summed E-state index contributed by atoms with van der Waals surface area (Å²) in [5.41, 5.74) is 5.22. The molecule has 7 heteroatoms. The topological polar surface area (TPSA) is 53.7 Å². The second-order valence-electron chi connectivity index (χ2n) is 3.24. The summed E-state index contributed by atoms with van der Waals surface area (Å²) in [7, 11) is 1.31. The number of hydrogen-bond acceptors (Lipinski definition) is 4. The zero-order valence-electron chi connectivity index (χ0n) is 9.75. The standard InChI is InChI=1S/C11H12F3NO3/c1-7(6-15)17-9-4-3-8(5-10(9)16-2)18-11(12,13)14/h3-6H,15H2,1-2H3/b7-6+. The van der Waals surface area contributed by atoms with Gasteiger partial charge in [-0.25, -0.2) is 0 Å².